The van der Waals surface area contributed by atoms with Crippen LogP contribution in [0.4, 0.5) is 5.69 Å². The summed E-state index contributed by atoms with van der Waals surface area (Å²) in [7, 11) is 3.08. The molecule has 0 bridgehead atoms. The first kappa shape index (κ1) is 28.6. The summed E-state index contributed by atoms with van der Waals surface area (Å²) in [6, 6.07) is 22.5. The topological polar surface area (TPSA) is 105 Å². The zero-order valence-electron chi connectivity index (χ0n) is 21.1. The minimum Gasteiger partial charge on any atom is -0.497 e. The Kier molecular flexibility index (Phi) is 10.6. The van der Waals surface area contributed by atoms with Crippen molar-refractivity contribution in [2.45, 2.75) is 6.92 Å². The first-order valence-electron chi connectivity index (χ1n) is 11.5. The van der Waals surface area contributed by atoms with E-state index >= 15 is 0 Å². The van der Waals surface area contributed by atoms with E-state index in [1.165, 1.54) is 0 Å². The number of aryl methyl sites for hydroxylation is 1. The third-order valence-electron chi connectivity index (χ3n) is 5.35. The lowest BCUT2D eigenvalue weighted by Gasteiger charge is -2.11. The molecule has 3 aromatic rings. The molecule has 194 valence electrons. The maximum absolute atomic E-state index is 13.0. The highest BCUT2D eigenvalue weighted by atomic mass is 32.2. The molecule has 3 aromatic carbocycles. The van der Waals surface area contributed by atoms with Crippen LogP contribution in [0.5, 0.6) is 11.5 Å². The molecule has 0 radical (unpaired) electrons. The zero-order chi connectivity index (χ0) is 27.5. The maximum Gasteiger partial charge on any atom is 0.268 e. The number of hydrogen-bond donors (Lipinski definition) is 1. The van der Waals surface area contributed by atoms with Crippen molar-refractivity contribution < 1.29 is 23.9 Å². The number of hydrogen-bond acceptors (Lipinski definition) is 8. The number of nitriles is 1. The fourth-order valence-corrected chi connectivity index (χ4v) is 5.30. The average molecular weight is 547 g/mol. The van der Waals surface area contributed by atoms with Crippen LogP contribution < -0.4 is 14.8 Å². The molecule has 0 aliphatic carbocycles. The van der Waals surface area contributed by atoms with Gasteiger partial charge in [-0.25, -0.2) is 0 Å². The van der Waals surface area contributed by atoms with Crippen LogP contribution in [0.2, 0.25) is 0 Å². The van der Waals surface area contributed by atoms with Crippen molar-refractivity contribution in [3.05, 3.63) is 99.3 Å². The van der Waals surface area contributed by atoms with Crippen LogP contribution in [0, 0.1) is 18.3 Å². The van der Waals surface area contributed by atoms with E-state index in [0.29, 0.717) is 32.6 Å². The van der Waals surface area contributed by atoms with Crippen molar-refractivity contribution in [2.75, 3.05) is 31.0 Å². The molecule has 0 spiro atoms. The van der Waals surface area contributed by atoms with E-state index in [0.717, 1.165) is 29.1 Å². The van der Waals surface area contributed by atoms with Crippen LogP contribution in [-0.2, 0) is 4.79 Å². The summed E-state index contributed by atoms with van der Waals surface area (Å²) < 4.78 is 10.6. The Morgan fingerprint density at radius 2 is 1.21 bits per heavy atom. The molecule has 38 heavy (non-hydrogen) atoms. The Labute approximate surface area is 230 Å². The number of nitrogens with zero attached hydrogens (tertiary/aromatic N) is 1. The fraction of sp³-hybridized carbons (Fsp3) is 0.172. The van der Waals surface area contributed by atoms with Crippen LogP contribution in [0.1, 0.15) is 26.3 Å². The van der Waals surface area contributed by atoms with Gasteiger partial charge in [-0.05, 0) is 67.6 Å². The normalized spacial score (nSPS) is 10.2. The summed E-state index contributed by atoms with van der Waals surface area (Å²) in [6.07, 6.45) is 0. The van der Waals surface area contributed by atoms with Crippen LogP contribution in [0.25, 0.3) is 0 Å². The molecule has 0 saturated carbocycles. The Balaban J connectivity index is 1.80. The highest BCUT2D eigenvalue weighted by Gasteiger charge is 2.20. The minimum absolute atomic E-state index is 0.0195. The van der Waals surface area contributed by atoms with Gasteiger partial charge in [-0.3, -0.25) is 14.4 Å². The number of ketones is 2. The van der Waals surface area contributed by atoms with Gasteiger partial charge in [0.1, 0.15) is 23.1 Å². The maximum atomic E-state index is 13.0. The summed E-state index contributed by atoms with van der Waals surface area (Å²) in [5.74, 6) is 0.230. The molecule has 9 heteroatoms. The summed E-state index contributed by atoms with van der Waals surface area (Å²) in [6.45, 7) is 1.93. The lowest BCUT2D eigenvalue weighted by molar-refractivity contribution is -0.112. The molecule has 7 nitrogen and oxygen atoms in total. The third kappa shape index (κ3) is 8.00. The van der Waals surface area contributed by atoms with Crippen molar-refractivity contribution in [3.63, 3.8) is 0 Å². The summed E-state index contributed by atoms with van der Waals surface area (Å²) in [5.41, 5.74) is 2.34. The minimum atomic E-state index is -0.611. The molecule has 0 aliphatic rings. The van der Waals surface area contributed by atoms with E-state index in [-0.39, 0.29) is 28.6 Å². The molecule has 0 aliphatic heterocycles. The molecule has 0 unspecified atom stereocenters. The van der Waals surface area contributed by atoms with Gasteiger partial charge in [-0.15, -0.1) is 23.5 Å². The van der Waals surface area contributed by atoms with Gasteiger partial charge < -0.3 is 14.8 Å². The molecule has 3 rings (SSSR count). The summed E-state index contributed by atoms with van der Waals surface area (Å²) in [4.78, 5) is 38.7. The number of Topliss-reactive ketones (excluding diaryl/α,β-unsaturated/α-hetero) is 2. The van der Waals surface area contributed by atoms with Gasteiger partial charge in [0.2, 0.25) is 0 Å². The highest BCUT2D eigenvalue weighted by molar-refractivity contribution is 8.22. The number of methoxy groups -OCH3 is 2. The Morgan fingerprint density at radius 1 is 0.763 bits per heavy atom. The van der Waals surface area contributed by atoms with Crippen molar-refractivity contribution in [2.24, 2.45) is 0 Å². The van der Waals surface area contributed by atoms with Gasteiger partial charge in [-0.2, -0.15) is 5.26 Å². The number of nitrogens with one attached hydrogen (secondary N) is 1. The number of benzene rings is 3. The first-order valence-corrected chi connectivity index (χ1v) is 13.4. The number of carbonyl (C=O) groups is 3. The molecule has 1 amide bonds. The van der Waals surface area contributed by atoms with Crippen molar-refractivity contribution in [1.29, 1.82) is 5.26 Å². The number of ether oxygens (including phenoxy) is 2. The van der Waals surface area contributed by atoms with Gasteiger partial charge >= 0.3 is 0 Å². The molecule has 0 saturated heterocycles. The number of amides is 1. The van der Waals surface area contributed by atoms with E-state index in [1.807, 2.05) is 25.1 Å². The molecule has 0 fully saturated rings. The number of anilines is 1. The van der Waals surface area contributed by atoms with Gasteiger partial charge in [0.15, 0.2) is 11.6 Å². The largest absolute Gasteiger partial charge is 0.497 e. The second kappa shape index (κ2) is 14.1. The van der Waals surface area contributed by atoms with Crippen molar-refractivity contribution >= 4 is 46.7 Å². The second-order valence-electron chi connectivity index (χ2n) is 7.98. The van der Waals surface area contributed by atoms with E-state index in [9.17, 15) is 19.6 Å². The molecular weight excluding hydrogens is 520 g/mol. The summed E-state index contributed by atoms with van der Waals surface area (Å²) in [5, 5.41) is 12.6. The number of thioether (sulfide) groups is 2. The predicted octanol–water partition coefficient (Wildman–Crippen LogP) is 5.92. The first-order chi connectivity index (χ1) is 18.3. The van der Waals surface area contributed by atoms with Crippen LogP contribution in [-0.4, -0.2) is 43.2 Å². The number of carbonyl (C=O) groups excluding carboxylic acids is 3. The molecular formula is C29H26N2O5S2. The van der Waals surface area contributed by atoms with E-state index < -0.39 is 5.91 Å². The monoisotopic (exact) mass is 546 g/mol. The molecule has 1 N–H and O–H groups in total. The molecule has 0 heterocycles. The average Bonchev–Trinajstić information content (AvgIpc) is 2.95. The van der Waals surface area contributed by atoms with Crippen LogP contribution in [0.15, 0.2) is 82.6 Å². The van der Waals surface area contributed by atoms with Gasteiger partial charge in [-0.1, -0.05) is 17.7 Å². The SMILES string of the molecule is COc1ccc(C(=O)CSC(SCC(=O)c2ccc(OC)cc2)=C(C#N)C(=O)Nc2ccc(C)cc2)cc1. The van der Waals surface area contributed by atoms with E-state index in [4.69, 9.17) is 9.47 Å². The van der Waals surface area contributed by atoms with E-state index in [1.54, 1.807) is 74.9 Å². The smallest absolute Gasteiger partial charge is 0.268 e. The summed E-state index contributed by atoms with van der Waals surface area (Å²) >= 11 is 2.12. The number of rotatable bonds is 12. The lowest BCUT2D eigenvalue weighted by Crippen LogP contribution is -2.15. The van der Waals surface area contributed by atoms with Crippen molar-refractivity contribution in [1.82, 2.24) is 0 Å². The van der Waals surface area contributed by atoms with Crippen molar-refractivity contribution in [3.8, 4) is 17.6 Å². The highest BCUT2D eigenvalue weighted by Crippen LogP contribution is 2.33. The second-order valence-corrected chi connectivity index (χ2v) is 10.2. The molecule has 0 aromatic heterocycles. The van der Waals surface area contributed by atoms with Crippen LogP contribution in [0.3, 0.4) is 0 Å². The van der Waals surface area contributed by atoms with Crippen LogP contribution >= 0.6 is 23.5 Å². The quantitative estimate of drug-likeness (QED) is 0.170. The Morgan fingerprint density at radius 3 is 1.61 bits per heavy atom. The predicted molar refractivity (Wildman–Crippen MR) is 152 cm³/mol. The third-order valence-corrected chi connectivity index (χ3v) is 7.80. The fourth-order valence-electron chi connectivity index (χ4n) is 3.19. The van der Waals surface area contributed by atoms with E-state index in [2.05, 4.69) is 5.32 Å². The van der Waals surface area contributed by atoms with Gasteiger partial charge in [0.25, 0.3) is 5.91 Å². The Bertz CT molecular complexity index is 1290. The van der Waals surface area contributed by atoms with Gasteiger partial charge in [0, 0.05) is 16.8 Å². The molecule has 0 atom stereocenters. The zero-order valence-corrected chi connectivity index (χ0v) is 22.8. The Hall–Kier alpha value is -4.00. The van der Waals surface area contributed by atoms with Gasteiger partial charge in [0.05, 0.1) is 30.0 Å². The lowest BCUT2D eigenvalue weighted by atomic mass is 10.1. The standard InChI is InChI=1S/C29H26N2O5S2/c1-19-4-10-22(11-5-19)31-28(34)25(16-30)29(37-17-26(32)20-6-12-23(35-2)13-7-20)38-18-27(33)21-8-14-24(36-3)15-9-21/h4-15H,17-18H2,1-3H3,(H,31,34).